The highest BCUT2D eigenvalue weighted by Crippen LogP contribution is 2.23. The van der Waals surface area contributed by atoms with Crippen LogP contribution in [0.15, 0.2) is 58.4 Å². The molecule has 2 aromatic carbocycles. The van der Waals surface area contributed by atoms with Gasteiger partial charge in [0.25, 0.3) is 5.56 Å². The maximum atomic E-state index is 12.4. The number of aryl methyl sites for hydroxylation is 3. The first kappa shape index (κ1) is 20.7. The Morgan fingerprint density at radius 3 is 2.34 bits per heavy atom. The Kier molecular flexibility index (Phi) is 6.39. The van der Waals surface area contributed by atoms with Crippen LogP contribution in [-0.2, 0) is 4.79 Å². The Balaban J connectivity index is 1.71. The van der Waals surface area contributed by atoms with Gasteiger partial charge in [-0.1, -0.05) is 29.5 Å². The average Bonchev–Trinajstić information content (AvgIpc) is 2.70. The summed E-state index contributed by atoms with van der Waals surface area (Å²) in [5.74, 6) is 0.778. The van der Waals surface area contributed by atoms with Crippen LogP contribution < -0.4 is 15.6 Å². The number of ether oxygens (including phenoxy) is 1. The quantitative estimate of drug-likeness (QED) is 0.625. The van der Waals surface area contributed by atoms with Crippen LogP contribution in [0.4, 0.5) is 5.69 Å². The van der Waals surface area contributed by atoms with E-state index in [4.69, 9.17) is 4.74 Å². The van der Waals surface area contributed by atoms with Gasteiger partial charge < -0.3 is 10.1 Å². The number of carbonyl (C=O) groups excluding carboxylic acids is 1. The summed E-state index contributed by atoms with van der Waals surface area (Å²) in [6.07, 6.45) is 0. The van der Waals surface area contributed by atoms with E-state index in [2.05, 4.69) is 10.4 Å². The molecule has 29 heavy (non-hydrogen) atoms. The predicted octanol–water partition coefficient (Wildman–Crippen LogP) is 3.90. The van der Waals surface area contributed by atoms with Gasteiger partial charge in [0.15, 0.2) is 0 Å². The molecule has 3 aromatic rings. The molecule has 0 radical (unpaired) electrons. The smallest absolute Gasteiger partial charge is 0.271 e. The summed E-state index contributed by atoms with van der Waals surface area (Å²) in [6.45, 7) is 6.00. The van der Waals surface area contributed by atoms with Gasteiger partial charge in [-0.2, -0.15) is 9.78 Å². The van der Waals surface area contributed by atoms with E-state index in [0.717, 1.165) is 22.4 Å². The van der Waals surface area contributed by atoms with Crippen LogP contribution in [-0.4, -0.2) is 28.6 Å². The molecule has 0 atom stereocenters. The van der Waals surface area contributed by atoms with Gasteiger partial charge in [-0.15, -0.1) is 0 Å². The van der Waals surface area contributed by atoms with Crippen molar-refractivity contribution in [1.82, 2.24) is 9.78 Å². The molecule has 0 unspecified atom stereocenters. The van der Waals surface area contributed by atoms with Crippen molar-refractivity contribution < 1.29 is 9.53 Å². The molecule has 1 heterocycles. The zero-order valence-corrected chi connectivity index (χ0v) is 17.7. The maximum absolute atomic E-state index is 12.4. The largest absolute Gasteiger partial charge is 0.497 e. The van der Waals surface area contributed by atoms with E-state index in [1.165, 1.54) is 22.5 Å². The zero-order chi connectivity index (χ0) is 21.0. The normalized spacial score (nSPS) is 10.6. The SMILES string of the molecule is COc1ccc(-n2nc(SCC(=O)Nc3c(C)cc(C)cc3C)ccc2=O)cc1. The molecule has 150 valence electrons. The van der Waals surface area contributed by atoms with Gasteiger partial charge in [0.2, 0.25) is 5.91 Å². The number of anilines is 1. The van der Waals surface area contributed by atoms with Gasteiger partial charge in [0.1, 0.15) is 10.8 Å². The van der Waals surface area contributed by atoms with E-state index in [0.29, 0.717) is 16.5 Å². The van der Waals surface area contributed by atoms with Crippen LogP contribution in [0.25, 0.3) is 5.69 Å². The number of amides is 1. The highest BCUT2D eigenvalue weighted by Gasteiger charge is 2.10. The number of hydrogen-bond donors (Lipinski definition) is 1. The topological polar surface area (TPSA) is 73.2 Å². The first-order valence-corrected chi connectivity index (χ1v) is 10.1. The lowest BCUT2D eigenvalue weighted by molar-refractivity contribution is -0.113. The highest BCUT2D eigenvalue weighted by atomic mass is 32.2. The summed E-state index contributed by atoms with van der Waals surface area (Å²) in [5, 5.41) is 7.94. The van der Waals surface area contributed by atoms with E-state index in [1.54, 1.807) is 37.4 Å². The van der Waals surface area contributed by atoms with Crippen molar-refractivity contribution in [2.45, 2.75) is 25.8 Å². The van der Waals surface area contributed by atoms with Gasteiger partial charge in [0, 0.05) is 11.8 Å². The van der Waals surface area contributed by atoms with Crippen LogP contribution >= 0.6 is 11.8 Å². The number of hydrogen-bond acceptors (Lipinski definition) is 5. The number of carbonyl (C=O) groups is 1. The number of nitrogens with zero attached hydrogens (tertiary/aromatic N) is 2. The van der Waals surface area contributed by atoms with Gasteiger partial charge >= 0.3 is 0 Å². The molecule has 0 fully saturated rings. The molecule has 0 aliphatic carbocycles. The number of rotatable bonds is 6. The number of nitrogens with one attached hydrogen (secondary N) is 1. The van der Waals surface area contributed by atoms with Crippen molar-refractivity contribution in [1.29, 1.82) is 0 Å². The fourth-order valence-electron chi connectivity index (χ4n) is 3.07. The molecule has 0 spiro atoms. The van der Waals surface area contributed by atoms with Crippen molar-refractivity contribution in [3.05, 3.63) is 75.6 Å². The minimum Gasteiger partial charge on any atom is -0.497 e. The third-order valence-corrected chi connectivity index (χ3v) is 5.31. The molecule has 3 rings (SSSR count). The Labute approximate surface area is 173 Å². The Morgan fingerprint density at radius 2 is 1.72 bits per heavy atom. The van der Waals surface area contributed by atoms with Crippen LogP contribution in [0.1, 0.15) is 16.7 Å². The third-order valence-electron chi connectivity index (χ3n) is 4.39. The van der Waals surface area contributed by atoms with E-state index >= 15 is 0 Å². The molecule has 1 aromatic heterocycles. The lowest BCUT2D eigenvalue weighted by Gasteiger charge is -2.13. The van der Waals surface area contributed by atoms with Crippen LogP contribution in [0.3, 0.4) is 0 Å². The van der Waals surface area contributed by atoms with Crippen LogP contribution in [0, 0.1) is 20.8 Å². The minimum atomic E-state index is -0.241. The number of benzene rings is 2. The first-order valence-electron chi connectivity index (χ1n) is 9.12. The third kappa shape index (κ3) is 5.06. The Morgan fingerprint density at radius 1 is 1.07 bits per heavy atom. The van der Waals surface area contributed by atoms with Crippen molar-refractivity contribution >= 4 is 23.4 Å². The van der Waals surface area contributed by atoms with E-state index in [9.17, 15) is 9.59 Å². The fraction of sp³-hybridized carbons (Fsp3) is 0.227. The second-order valence-corrected chi connectivity index (χ2v) is 7.73. The molecular formula is C22H23N3O3S. The second-order valence-electron chi connectivity index (χ2n) is 6.73. The van der Waals surface area contributed by atoms with Gasteiger partial charge in [-0.25, -0.2) is 0 Å². The van der Waals surface area contributed by atoms with Crippen LogP contribution in [0.2, 0.25) is 0 Å². The molecule has 0 bridgehead atoms. The second kappa shape index (κ2) is 8.96. The van der Waals surface area contributed by atoms with Crippen molar-refractivity contribution in [3.8, 4) is 11.4 Å². The molecule has 7 heteroatoms. The molecular weight excluding hydrogens is 386 g/mol. The van der Waals surface area contributed by atoms with Crippen LogP contribution in [0.5, 0.6) is 5.75 Å². The lowest BCUT2D eigenvalue weighted by atomic mass is 10.1. The Hall–Kier alpha value is -3.06. The fourth-order valence-corrected chi connectivity index (χ4v) is 3.73. The molecule has 0 saturated carbocycles. The average molecular weight is 410 g/mol. The zero-order valence-electron chi connectivity index (χ0n) is 16.9. The molecule has 1 N–H and O–H groups in total. The number of thioether (sulfide) groups is 1. The predicted molar refractivity (Wildman–Crippen MR) is 116 cm³/mol. The van der Waals surface area contributed by atoms with Crippen molar-refractivity contribution in [2.24, 2.45) is 0 Å². The molecule has 6 nitrogen and oxygen atoms in total. The minimum absolute atomic E-state index is 0.117. The van der Waals surface area contributed by atoms with E-state index < -0.39 is 0 Å². The standard InChI is InChI=1S/C22H23N3O3S/c1-14-11-15(2)22(16(3)12-14)23-19(26)13-29-20-9-10-21(27)25(24-20)17-5-7-18(28-4)8-6-17/h5-12H,13H2,1-4H3,(H,23,26). The van der Waals surface area contributed by atoms with E-state index in [1.807, 2.05) is 32.9 Å². The number of methoxy groups -OCH3 is 1. The van der Waals surface area contributed by atoms with Crippen molar-refractivity contribution in [3.63, 3.8) is 0 Å². The van der Waals surface area contributed by atoms with Crippen molar-refractivity contribution in [2.75, 3.05) is 18.2 Å². The summed E-state index contributed by atoms with van der Waals surface area (Å²) in [5.41, 5.74) is 4.47. The number of aromatic nitrogens is 2. The summed E-state index contributed by atoms with van der Waals surface area (Å²) < 4.78 is 6.45. The first-order chi connectivity index (χ1) is 13.9. The Bertz CT molecular complexity index is 1070. The lowest BCUT2D eigenvalue weighted by Crippen LogP contribution is -2.21. The summed E-state index contributed by atoms with van der Waals surface area (Å²) in [4.78, 5) is 24.6. The van der Waals surface area contributed by atoms with Gasteiger partial charge in [-0.05, 0) is 62.2 Å². The molecule has 1 amide bonds. The molecule has 0 aliphatic heterocycles. The summed E-state index contributed by atoms with van der Waals surface area (Å²) >= 11 is 1.28. The monoisotopic (exact) mass is 409 g/mol. The van der Waals surface area contributed by atoms with Gasteiger partial charge in [0.05, 0.1) is 18.6 Å². The van der Waals surface area contributed by atoms with E-state index in [-0.39, 0.29) is 17.2 Å². The highest BCUT2D eigenvalue weighted by molar-refractivity contribution is 7.99. The summed E-state index contributed by atoms with van der Waals surface area (Å²) in [7, 11) is 1.58. The van der Waals surface area contributed by atoms with Gasteiger partial charge in [-0.3, -0.25) is 9.59 Å². The molecule has 0 saturated heterocycles. The maximum Gasteiger partial charge on any atom is 0.271 e. The summed E-state index contributed by atoms with van der Waals surface area (Å²) in [6, 6.07) is 14.2. The molecule has 0 aliphatic rings.